The Bertz CT molecular complexity index is 1060. The van der Waals surface area contributed by atoms with Crippen LogP contribution in [0.2, 0.25) is 0 Å². The van der Waals surface area contributed by atoms with Crippen molar-refractivity contribution in [2.24, 2.45) is 0 Å². The molecule has 0 aliphatic rings. The maximum Gasteiger partial charge on any atom is 0.340 e. The van der Waals surface area contributed by atoms with Gasteiger partial charge >= 0.3 is 11.6 Å². The molecule has 3 rings (SSSR count). The van der Waals surface area contributed by atoms with Gasteiger partial charge in [-0.2, -0.15) is 0 Å². The molecule has 0 aliphatic carbocycles. The second-order valence-corrected chi connectivity index (χ2v) is 6.28. The molecule has 0 saturated carbocycles. The molecule has 0 bridgehead atoms. The van der Waals surface area contributed by atoms with Gasteiger partial charge in [0.2, 0.25) is 5.91 Å². The molecule has 0 saturated heterocycles. The number of amides is 1. The highest BCUT2D eigenvalue weighted by atomic mass is 16.4. The van der Waals surface area contributed by atoms with Crippen LogP contribution in [0.3, 0.4) is 0 Å². The number of fused-ring (bicyclic) bond motifs is 2. The number of nitrogens with one attached hydrogen (secondary N) is 1. The predicted octanol–water partition coefficient (Wildman–Crippen LogP) is 2.68. The highest BCUT2D eigenvalue weighted by Crippen LogP contribution is 2.28. The SMILES string of the molecule is Cc1coc2cc3oc(=O)c(CC(=O)NCCCC(=O)O)c(C)c3cc12. The molecule has 0 aliphatic heterocycles. The van der Waals surface area contributed by atoms with Gasteiger partial charge in [-0.1, -0.05) is 0 Å². The molecule has 136 valence electrons. The molecule has 3 aromatic rings. The quantitative estimate of drug-likeness (QED) is 0.518. The van der Waals surface area contributed by atoms with Crippen LogP contribution in [0.15, 0.2) is 32.0 Å². The first-order valence-electron chi connectivity index (χ1n) is 8.29. The van der Waals surface area contributed by atoms with Crippen molar-refractivity contribution in [2.45, 2.75) is 33.1 Å². The van der Waals surface area contributed by atoms with Crippen molar-refractivity contribution >= 4 is 33.8 Å². The van der Waals surface area contributed by atoms with Crippen LogP contribution in [0.25, 0.3) is 21.9 Å². The van der Waals surface area contributed by atoms with Gasteiger partial charge in [0.15, 0.2) is 0 Å². The van der Waals surface area contributed by atoms with E-state index in [-0.39, 0.29) is 25.3 Å². The number of hydrogen-bond donors (Lipinski definition) is 2. The highest BCUT2D eigenvalue weighted by Gasteiger charge is 2.16. The van der Waals surface area contributed by atoms with Gasteiger partial charge in [0.05, 0.1) is 18.2 Å². The molecule has 7 nitrogen and oxygen atoms in total. The summed E-state index contributed by atoms with van der Waals surface area (Å²) in [6.07, 6.45) is 1.85. The number of benzene rings is 1. The largest absolute Gasteiger partial charge is 0.481 e. The summed E-state index contributed by atoms with van der Waals surface area (Å²) in [5.41, 5.74) is 2.47. The zero-order valence-corrected chi connectivity index (χ0v) is 14.5. The van der Waals surface area contributed by atoms with E-state index in [4.69, 9.17) is 13.9 Å². The lowest BCUT2D eigenvalue weighted by Gasteiger charge is -2.08. The Morgan fingerprint density at radius 3 is 2.65 bits per heavy atom. The molecule has 0 unspecified atom stereocenters. The van der Waals surface area contributed by atoms with E-state index in [0.29, 0.717) is 28.7 Å². The minimum absolute atomic E-state index is 0.0164. The van der Waals surface area contributed by atoms with Crippen molar-refractivity contribution in [3.05, 3.63) is 45.5 Å². The molecule has 0 atom stereocenters. The Hall–Kier alpha value is -3.09. The number of aliphatic carboxylic acids is 1. The van der Waals surface area contributed by atoms with E-state index >= 15 is 0 Å². The molecule has 1 amide bonds. The maximum absolute atomic E-state index is 12.3. The van der Waals surface area contributed by atoms with Crippen LogP contribution in [0.5, 0.6) is 0 Å². The third-order valence-corrected chi connectivity index (χ3v) is 4.40. The van der Waals surface area contributed by atoms with E-state index in [1.54, 1.807) is 19.3 Å². The predicted molar refractivity (Wildman–Crippen MR) is 95.3 cm³/mol. The molecule has 7 heteroatoms. The second-order valence-electron chi connectivity index (χ2n) is 6.28. The smallest absolute Gasteiger partial charge is 0.340 e. The Morgan fingerprint density at radius 1 is 1.15 bits per heavy atom. The lowest BCUT2D eigenvalue weighted by atomic mass is 10.0. The Balaban J connectivity index is 1.87. The van der Waals surface area contributed by atoms with Crippen LogP contribution in [-0.4, -0.2) is 23.5 Å². The van der Waals surface area contributed by atoms with Gasteiger partial charge in [-0.25, -0.2) is 4.79 Å². The average molecular weight is 357 g/mol. The van der Waals surface area contributed by atoms with E-state index in [2.05, 4.69) is 5.32 Å². The number of furan rings is 1. The standard InChI is InChI=1S/C19H19NO6/c1-10-9-25-15-8-16-13(6-12(10)15)11(2)14(19(24)26-16)7-17(21)20-5-3-4-18(22)23/h6,8-9H,3-5,7H2,1-2H3,(H,20,21)(H,22,23). The van der Waals surface area contributed by atoms with Gasteiger partial charge in [-0.05, 0) is 37.5 Å². The van der Waals surface area contributed by atoms with Crippen molar-refractivity contribution in [1.82, 2.24) is 5.32 Å². The van der Waals surface area contributed by atoms with E-state index in [1.165, 1.54) is 0 Å². The number of hydrogen-bond acceptors (Lipinski definition) is 5. The van der Waals surface area contributed by atoms with Crippen molar-refractivity contribution in [3.63, 3.8) is 0 Å². The normalized spacial score (nSPS) is 11.2. The molecule has 2 heterocycles. The van der Waals surface area contributed by atoms with Gasteiger partial charge in [-0.3, -0.25) is 9.59 Å². The number of carbonyl (C=O) groups is 2. The summed E-state index contributed by atoms with van der Waals surface area (Å²) >= 11 is 0. The van der Waals surface area contributed by atoms with Crippen LogP contribution < -0.4 is 10.9 Å². The number of rotatable bonds is 6. The molecule has 2 N–H and O–H groups in total. The van der Waals surface area contributed by atoms with Crippen molar-refractivity contribution in [2.75, 3.05) is 6.54 Å². The summed E-state index contributed by atoms with van der Waals surface area (Å²) < 4.78 is 10.8. The van der Waals surface area contributed by atoms with Crippen LogP contribution in [0.1, 0.15) is 29.5 Å². The van der Waals surface area contributed by atoms with Gasteiger partial charge in [0.1, 0.15) is 11.2 Å². The van der Waals surface area contributed by atoms with Crippen LogP contribution >= 0.6 is 0 Å². The molecule has 26 heavy (non-hydrogen) atoms. The third-order valence-electron chi connectivity index (χ3n) is 4.40. The minimum Gasteiger partial charge on any atom is -0.481 e. The summed E-state index contributed by atoms with van der Waals surface area (Å²) in [5, 5.41) is 12.9. The first-order valence-corrected chi connectivity index (χ1v) is 8.29. The zero-order chi connectivity index (χ0) is 18.8. The Morgan fingerprint density at radius 2 is 1.92 bits per heavy atom. The topological polar surface area (TPSA) is 110 Å². The second kappa shape index (κ2) is 7.03. The van der Waals surface area contributed by atoms with Crippen molar-refractivity contribution in [3.8, 4) is 0 Å². The number of aryl methyl sites for hydroxylation is 2. The van der Waals surface area contributed by atoms with Crippen LogP contribution in [0, 0.1) is 13.8 Å². The maximum atomic E-state index is 12.3. The Labute approximate surface area is 148 Å². The molecular weight excluding hydrogens is 338 g/mol. The summed E-state index contributed by atoms with van der Waals surface area (Å²) in [6.45, 7) is 3.96. The number of carboxylic acid groups (broad SMARTS) is 1. The fourth-order valence-electron chi connectivity index (χ4n) is 2.93. The highest BCUT2D eigenvalue weighted by molar-refractivity contribution is 5.96. The van der Waals surface area contributed by atoms with Crippen molar-refractivity contribution in [1.29, 1.82) is 0 Å². The lowest BCUT2D eigenvalue weighted by Crippen LogP contribution is -2.28. The first kappa shape index (κ1) is 17.7. The fraction of sp³-hybridized carbons (Fsp3) is 0.316. The van der Waals surface area contributed by atoms with Crippen LogP contribution in [0.4, 0.5) is 0 Å². The average Bonchev–Trinajstić information content (AvgIpc) is 2.94. The number of carboxylic acids is 1. The van der Waals surface area contributed by atoms with E-state index in [9.17, 15) is 14.4 Å². The van der Waals surface area contributed by atoms with Gasteiger partial charge < -0.3 is 19.3 Å². The molecule has 0 radical (unpaired) electrons. The minimum atomic E-state index is -0.911. The molecule has 2 aromatic heterocycles. The molecular formula is C19H19NO6. The summed E-state index contributed by atoms with van der Waals surface area (Å²) in [7, 11) is 0. The van der Waals surface area contributed by atoms with E-state index < -0.39 is 11.6 Å². The fourth-order valence-corrected chi connectivity index (χ4v) is 2.93. The van der Waals surface area contributed by atoms with E-state index in [1.807, 2.05) is 13.0 Å². The van der Waals surface area contributed by atoms with Gasteiger partial charge in [0, 0.05) is 29.8 Å². The van der Waals surface area contributed by atoms with Gasteiger partial charge in [-0.15, -0.1) is 0 Å². The molecule has 0 fully saturated rings. The molecule has 0 spiro atoms. The zero-order valence-electron chi connectivity index (χ0n) is 14.5. The van der Waals surface area contributed by atoms with Gasteiger partial charge in [0.25, 0.3) is 0 Å². The van der Waals surface area contributed by atoms with E-state index in [0.717, 1.165) is 16.3 Å². The number of carbonyl (C=O) groups excluding carboxylic acids is 1. The summed E-state index contributed by atoms with van der Waals surface area (Å²) in [4.78, 5) is 34.8. The monoisotopic (exact) mass is 357 g/mol. The third kappa shape index (κ3) is 3.46. The molecule has 1 aromatic carbocycles. The lowest BCUT2D eigenvalue weighted by molar-refractivity contribution is -0.137. The Kier molecular flexibility index (Phi) is 4.79. The van der Waals surface area contributed by atoms with Crippen LogP contribution in [-0.2, 0) is 16.0 Å². The van der Waals surface area contributed by atoms with Crippen molar-refractivity contribution < 1.29 is 23.5 Å². The summed E-state index contributed by atoms with van der Waals surface area (Å²) in [5.74, 6) is -1.25. The summed E-state index contributed by atoms with van der Waals surface area (Å²) in [6, 6.07) is 3.58. The first-order chi connectivity index (χ1) is 12.4.